The van der Waals surface area contributed by atoms with E-state index in [1.165, 1.54) is 103 Å². The van der Waals surface area contributed by atoms with Gasteiger partial charge in [0.25, 0.3) is 0 Å². The monoisotopic (exact) mass is 445 g/mol. The summed E-state index contributed by atoms with van der Waals surface area (Å²) in [6.45, 7) is 10.4. The van der Waals surface area contributed by atoms with E-state index in [0.717, 1.165) is 13.0 Å². The van der Waals surface area contributed by atoms with Gasteiger partial charge in [-0.25, -0.2) is 4.85 Å². The Bertz CT molecular complexity index is 571. The standard InChI is InChI=1S/C27H47N3O2/c1-3-4-5-6-7-8-9-10-11-12-13-14-15-16-17-18-21-32-24-26(23-31)30-27-20-19-25(28-2)22-29-27/h19-20,22,26,31H,3-18,21,23-24H2,1H3,(H,29,30)/t26-/m0/s1. The molecule has 0 aliphatic carbocycles. The quantitative estimate of drug-likeness (QED) is 0.142. The fraction of sp³-hybridized carbons (Fsp3) is 0.778. The molecule has 5 nitrogen and oxygen atoms in total. The number of anilines is 1. The van der Waals surface area contributed by atoms with Gasteiger partial charge in [-0.2, -0.15) is 0 Å². The Morgan fingerprint density at radius 2 is 1.41 bits per heavy atom. The maximum Gasteiger partial charge on any atom is 0.205 e. The third-order valence-corrected chi connectivity index (χ3v) is 5.91. The maximum absolute atomic E-state index is 9.51. The third-order valence-electron chi connectivity index (χ3n) is 5.91. The van der Waals surface area contributed by atoms with E-state index in [4.69, 9.17) is 11.3 Å². The highest BCUT2D eigenvalue weighted by molar-refractivity contribution is 5.48. The molecule has 1 aromatic heterocycles. The molecule has 0 saturated carbocycles. The Balaban J connectivity index is 1.84. The van der Waals surface area contributed by atoms with Crippen LogP contribution in [0, 0.1) is 6.57 Å². The van der Waals surface area contributed by atoms with Crippen LogP contribution < -0.4 is 5.32 Å². The SMILES string of the molecule is [C-]#[N+]c1ccc(N[C@@H](CO)COCCCCCCCCCCCCCCCCCC)nc1. The molecule has 1 rings (SSSR count). The summed E-state index contributed by atoms with van der Waals surface area (Å²) in [6, 6.07) is 3.29. The second-order valence-corrected chi connectivity index (χ2v) is 8.92. The van der Waals surface area contributed by atoms with Crippen molar-refractivity contribution in [3.8, 4) is 0 Å². The van der Waals surface area contributed by atoms with Crippen LogP contribution in [0.25, 0.3) is 4.85 Å². The molecule has 0 saturated heterocycles. The van der Waals surface area contributed by atoms with Gasteiger partial charge in [0.2, 0.25) is 5.69 Å². The number of nitrogens with zero attached hydrogens (tertiary/aromatic N) is 2. The largest absolute Gasteiger partial charge is 0.394 e. The van der Waals surface area contributed by atoms with Gasteiger partial charge in [0.15, 0.2) is 0 Å². The molecule has 1 heterocycles. The predicted octanol–water partition coefficient (Wildman–Crippen LogP) is 7.68. The summed E-state index contributed by atoms with van der Waals surface area (Å²) in [4.78, 5) is 7.50. The smallest absolute Gasteiger partial charge is 0.205 e. The van der Waals surface area contributed by atoms with Crippen LogP contribution in [0.2, 0.25) is 0 Å². The Hall–Kier alpha value is -1.64. The number of ether oxygens (including phenoxy) is 1. The van der Waals surface area contributed by atoms with E-state index >= 15 is 0 Å². The van der Waals surface area contributed by atoms with Gasteiger partial charge in [-0.15, -0.1) is 0 Å². The molecule has 0 spiro atoms. The van der Waals surface area contributed by atoms with Crippen LogP contribution in [0.1, 0.15) is 110 Å². The number of nitrogens with one attached hydrogen (secondary N) is 1. The molecule has 0 aromatic carbocycles. The summed E-state index contributed by atoms with van der Waals surface area (Å²) >= 11 is 0. The average Bonchev–Trinajstić information content (AvgIpc) is 2.83. The van der Waals surface area contributed by atoms with Crippen LogP contribution in [0.15, 0.2) is 18.3 Å². The number of hydrogen-bond donors (Lipinski definition) is 2. The lowest BCUT2D eigenvalue weighted by molar-refractivity contribution is 0.103. The maximum atomic E-state index is 9.51. The van der Waals surface area contributed by atoms with Gasteiger partial charge < -0.3 is 15.2 Å². The minimum Gasteiger partial charge on any atom is -0.394 e. The van der Waals surface area contributed by atoms with E-state index < -0.39 is 0 Å². The lowest BCUT2D eigenvalue weighted by atomic mass is 10.0. The molecule has 0 aliphatic rings. The normalized spacial score (nSPS) is 11.9. The number of pyridine rings is 1. The number of unbranched alkanes of at least 4 members (excludes halogenated alkanes) is 15. The van der Waals surface area contributed by atoms with E-state index in [2.05, 4.69) is 22.1 Å². The zero-order valence-corrected chi connectivity index (χ0v) is 20.5. The Labute approximate surface area is 197 Å². The first kappa shape index (κ1) is 28.4. The van der Waals surface area contributed by atoms with Crippen LogP contribution in [-0.2, 0) is 4.74 Å². The number of hydrogen-bond acceptors (Lipinski definition) is 4. The summed E-state index contributed by atoms with van der Waals surface area (Å²) < 4.78 is 5.72. The van der Waals surface area contributed by atoms with Gasteiger partial charge in [0.05, 0.1) is 25.8 Å². The Morgan fingerprint density at radius 3 is 1.84 bits per heavy atom. The summed E-state index contributed by atoms with van der Waals surface area (Å²) in [5.74, 6) is 0.655. The topological polar surface area (TPSA) is 58.7 Å². The number of aliphatic hydroxyl groups is 1. The summed E-state index contributed by atoms with van der Waals surface area (Å²) in [7, 11) is 0. The lowest BCUT2D eigenvalue weighted by Gasteiger charge is -2.17. The highest BCUT2D eigenvalue weighted by Gasteiger charge is 2.08. The number of aliphatic hydroxyl groups excluding tert-OH is 1. The first-order chi connectivity index (χ1) is 15.8. The second kappa shape index (κ2) is 21.2. The van der Waals surface area contributed by atoms with Crippen LogP contribution in [0.4, 0.5) is 11.5 Å². The zero-order chi connectivity index (χ0) is 23.1. The van der Waals surface area contributed by atoms with Crippen molar-refractivity contribution >= 4 is 11.5 Å². The fourth-order valence-electron chi connectivity index (χ4n) is 3.86. The van der Waals surface area contributed by atoms with E-state index in [9.17, 15) is 5.11 Å². The van der Waals surface area contributed by atoms with Gasteiger partial charge in [-0.05, 0) is 12.5 Å². The number of rotatable bonds is 22. The molecular weight excluding hydrogens is 398 g/mol. The summed E-state index contributed by atoms with van der Waals surface area (Å²) in [5, 5.41) is 12.7. The molecule has 0 radical (unpaired) electrons. The van der Waals surface area contributed by atoms with Crippen molar-refractivity contribution in [2.75, 3.05) is 25.1 Å². The van der Waals surface area contributed by atoms with Crippen LogP contribution in [0.5, 0.6) is 0 Å². The highest BCUT2D eigenvalue weighted by Crippen LogP contribution is 2.15. The van der Waals surface area contributed by atoms with Crippen molar-refractivity contribution in [1.29, 1.82) is 0 Å². The molecular formula is C27H47N3O2. The Morgan fingerprint density at radius 1 is 0.875 bits per heavy atom. The first-order valence-corrected chi connectivity index (χ1v) is 13.1. The molecule has 2 N–H and O–H groups in total. The molecule has 182 valence electrons. The molecule has 0 unspecified atom stereocenters. The van der Waals surface area contributed by atoms with E-state index in [-0.39, 0.29) is 12.6 Å². The minimum absolute atomic E-state index is 0.00872. The molecule has 0 amide bonds. The van der Waals surface area contributed by atoms with Crippen molar-refractivity contribution in [2.24, 2.45) is 0 Å². The van der Waals surface area contributed by atoms with E-state index in [1.807, 2.05) is 0 Å². The number of aromatic nitrogens is 1. The molecule has 0 aliphatic heterocycles. The van der Waals surface area contributed by atoms with Crippen molar-refractivity contribution < 1.29 is 9.84 Å². The van der Waals surface area contributed by atoms with Gasteiger partial charge in [-0.3, -0.25) is 4.98 Å². The molecule has 1 aromatic rings. The molecule has 32 heavy (non-hydrogen) atoms. The minimum atomic E-state index is -0.178. The van der Waals surface area contributed by atoms with Crippen LogP contribution in [-0.4, -0.2) is 36.0 Å². The lowest BCUT2D eigenvalue weighted by Crippen LogP contribution is -2.29. The zero-order valence-electron chi connectivity index (χ0n) is 20.5. The van der Waals surface area contributed by atoms with E-state index in [1.54, 1.807) is 12.1 Å². The predicted molar refractivity (Wildman–Crippen MR) is 135 cm³/mol. The molecule has 5 heteroatoms. The van der Waals surface area contributed by atoms with Gasteiger partial charge in [0, 0.05) is 12.8 Å². The highest BCUT2D eigenvalue weighted by atomic mass is 16.5. The first-order valence-electron chi connectivity index (χ1n) is 13.1. The van der Waals surface area contributed by atoms with Gasteiger partial charge in [-0.1, -0.05) is 109 Å². The third kappa shape index (κ3) is 16.1. The average molecular weight is 446 g/mol. The van der Waals surface area contributed by atoms with Crippen LogP contribution in [0.3, 0.4) is 0 Å². The van der Waals surface area contributed by atoms with Crippen molar-refractivity contribution in [2.45, 2.75) is 116 Å². The molecule has 1 atom stereocenters. The van der Waals surface area contributed by atoms with Gasteiger partial charge in [0.1, 0.15) is 5.82 Å². The fourth-order valence-corrected chi connectivity index (χ4v) is 3.86. The van der Waals surface area contributed by atoms with Crippen molar-refractivity contribution in [3.05, 3.63) is 29.7 Å². The Kier molecular flexibility index (Phi) is 18.8. The van der Waals surface area contributed by atoms with E-state index in [0.29, 0.717) is 18.1 Å². The summed E-state index contributed by atoms with van der Waals surface area (Å²) in [6.07, 6.45) is 23.4. The summed E-state index contributed by atoms with van der Waals surface area (Å²) in [5.41, 5.74) is 0.510. The van der Waals surface area contributed by atoms with Crippen molar-refractivity contribution in [1.82, 2.24) is 4.98 Å². The second-order valence-electron chi connectivity index (χ2n) is 8.92. The molecule has 0 bridgehead atoms. The van der Waals surface area contributed by atoms with Crippen molar-refractivity contribution in [3.63, 3.8) is 0 Å². The van der Waals surface area contributed by atoms with Crippen LogP contribution >= 0.6 is 0 Å². The molecule has 0 fully saturated rings. The van der Waals surface area contributed by atoms with Gasteiger partial charge >= 0.3 is 0 Å².